The van der Waals surface area contributed by atoms with Gasteiger partial charge in [0.1, 0.15) is 5.82 Å². The lowest BCUT2D eigenvalue weighted by Gasteiger charge is -2.00. The molecule has 0 fully saturated rings. The second kappa shape index (κ2) is 4.71. The quantitative estimate of drug-likeness (QED) is 0.726. The van der Waals surface area contributed by atoms with E-state index in [0.717, 1.165) is 5.56 Å². The number of nitrogen functional groups attached to an aromatic ring is 1. The molecule has 0 amide bonds. The standard InChI is InChI=1S/C12H11FN6S/c1-6-3-4-7(13)5-8(6)9-15-11-17-12(20-2)16-10(14)19(11)18-9/h3-5H,1-2H3,(H2,14,15,16,17,18). The summed E-state index contributed by atoms with van der Waals surface area (Å²) < 4.78 is 14.7. The van der Waals surface area contributed by atoms with E-state index in [1.165, 1.54) is 28.4 Å². The minimum atomic E-state index is -0.340. The average Bonchev–Trinajstić information content (AvgIpc) is 2.85. The molecule has 0 bridgehead atoms. The van der Waals surface area contributed by atoms with Crippen LogP contribution in [0.5, 0.6) is 0 Å². The second-order valence-electron chi connectivity index (χ2n) is 4.17. The third kappa shape index (κ3) is 2.07. The fraction of sp³-hybridized carbons (Fsp3) is 0.167. The van der Waals surface area contributed by atoms with E-state index in [0.29, 0.717) is 22.3 Å². The van der Waals surface area contributed by atoms with Crippen LogP contribution in [0, 0.1) is 12.7 Å². The Balaban J connectivity index is 2.22. The van der Waals surface area contributed by atoms with Crippen LogP contribution in [0.4, 0.5) is 10.3 Å². The number of halogens is 1. The lowest BCUT2D eigenvalue weighted by molar-refractivity contribution is 0.627. The van der Waals surface area contributed by atoms with Gasteiger partial charge in [0.2, 0.25) is 5.95 Å². The van der Waals surface area contributed by atoms with Gasteiger partial charge in [-0.15, -0.1) is 5.10 Å². The number of thioether (sulfide) groups is 1. The van der Waals surface area contributed by atoms with Crippen molar-refractivity contribution in [3.8, 4) is 11.4 Å². The Morgan fingerprint density at radius 1 is 1.25 bits per heavy atom. The Bertz CT molecular complexity index is 800. The maximum atomic E-state index is 13.4. The maximum Gasteiger partial charge on any atom is 0.258 e. The first-order valence-corrected chi connectivity index (χ1v) is 7.02. The summed E-state index contributed by atoms with van der Waals surface area (Å²) in [5.41, 5.74) is 7.30. The molecular weight excluding hydrogens is 279 g/mol. The molecule has 0 atom stereocenters. The molecule has 3 rings (SSSR count). The van der Waals surface area contributed by atoms with Crippen LogP contribution in [0.25, 0.3) is 17.2 Å². The number of hydrogen-bond donors (Lipinski definition) is 1. The maximum absolute atomic E-state index is 13.4. The van der Waals surface area contributed by atoms with Crippen molar-refractivity contribution in [3.05, 3.63) is 29.6 Å². The zero-order valence-electron chi connectivity index (χ0n) is 10.8. The first-order chi connectivity index (χ1) is 9.58. The van der Waals surface area contributed by atoms with Gasteiger partial charge >= 0.3 is 0 Å². The summed E-state index contributed by atoms with van der Waals surface area (Å²) in [5.74, 6) is 0.585. The van der Waals surface area contributed by atoms with Crippen molar-refractivity contribution in [2.45, 2.75) is 12.1 Å². The number of nitrogens with two attached hydrogens (primary N) is 1. The number of fused-ring (bicyclic) bond motifs is 1. The van der Waals surface area contributed by atoms with E-state index in [4.69, 9.17) is 5.73 Å². The zero-order valence-corrected chi connectivity index (χ0v) is 11.6. The normalized spacial score (nSPS) is 11.2. The number of nitrogens with zero attached hydrogens (tertiary/aromatic N) is 5. The van der Waals surface area contributed by atoms with E-state index in [1.54, 1.807) is 6.07 Å². The SMILES string of the molecule is CSc1nc(N)n2nc(-c3cc(F)ccc3C)nc2n1. The van der Waals surface area contributed by atoms with Crippen molar-refractivity contribution in [2.24, 2.45) is 0 Å². The van der Waals surface area contributed by atoms with Crippen LogP contribution in [0.15, 0.2) is 23.4 Å². The topological polar surface area (TPSA) is 82.0 Å². The van der Waals surface area contributed by atoms with Crippen molar-refractivity contribution < 1.29 is 4.39 Å². The van der Waals surface area contributed by atoms with Gasteiger partial charge in [0.05, 0.1) is 0 Å². The Kier molecular flexibility index (Phi) is 3.01. The molecule has 0 saturated carbocycles. The predicted octanol–water partition coefficient (Wildman–Crippen LogP) is 1.94. The van der Waals surface area contributed by atoms with Crippen LogP contribution in [0.3, 0.4) is 0 Å². The van der Waals surface area contributed by atoms with Crippen LogP contribution < -0.4 is 5.73 Å². The summed E-state index contributed by atoms with van der Waals surface area (Å²) in [6.45, 7) is 1.86. The highest BCUT2D eigenvalue weighted by Gasteiger charge is 2.14. The molecule has 8 heteroatoms. The van der Waals surface area contributed by atoms with E-state index in [1.807, 2.05) is 13.2 Å². The molecule has 20 heavy (non-hydrogen) atoms. The van der Waals surface area contributed by atoms with Crippen molar-refractivity contribution >= 4 is 23.5 Å². The first-order valence-electron chi connectivity index (χ1n) is 5.79. The number of aryl methyl sites for hydroxylation is 1. The van der Waals surface area contributed by atoms with E-state index >= 15 is 0 Å². The molecule has 0 spiro atoms. The summed E-state index contributed by atoms with van der Waals surface area (Å²) >= 11 is 1.37. The number of hydrogen-bond acceptors (Lipinski definition) is 6. The minimum absolute atomic E-state index is 0.201. The molecule has 1 aromatic carbocycles. The third-order valence-electron chi connectivity index (χ3n) is 2.84. The highest BCUT2D eigenvalue weighted by molar-refractivity contribution is 7.98. The summed E-state index contributed by atoms with van der Waals surface area (Å²) in [6.07, 6.45) is 1.85. The number of rotatable bonds is 2. The Labute approximate surface area is 118 Å². The van der Waals surface area contributed by atoms with E-state index in [-0.39, 0.29) is 11.8 Å². The highest BCUT2D eigenvalue weighted by atomic mass is 32.2. The summed E-state index contributed by atoms with van der Waals surface area (Å²) in [4.78, 5) is 12.6. The zero-order chi connectivity index (χ0) is 14.3. The predicted molar refractivity (Wildman–Crippen MR) is 74.9 cm³/mol. The lowest BCUT2D eigenvalue weighted by Crippen LogP contribution is -2.04. The molecule has 0 aliphatic heterocycles. The summed E-state index contributed by atoms with van der Waals surface area (Å²) in [5, 5.41) is 4.76. The van der Waals surface area contributed by atoms with Crippen LogP contribution in [0.1, 0.15) is 5.56 Å². The van der Waals surface area contributed by atoms with Crippen molar-refractivity contribution in [1.82, 2.24) is 24.6 Å². The second-order valence-corrected chi connectivity index (χ2v) is 4.95. The average molecular weight is 290 g/mol. The molecule has 2 heterocycles. The molecule has 0 aliphatic carbocycles. The van der Waals surface area contributed by atoms with Gasteiger partial charge in [-0.2, -0.15) is 19.5 Å². The molecule has 3 aromatic rings. The van der Waals surface area contributed by atoms with Gasteiger partial charge in [-0.3, -0.25) is 0 Å². The van der Waals surface area contributed by atoms with Crippen molar-refractivity contribution in [1.29, 1.82) is 0 Å². The van der Waals surface area contributed by atoms with Crippen molar-refractivity contribution in [2.75, 3.05) is 12.0 Å². The van der Waals surface area contributed by atoms with Gasteiger partial charge in [0.15, 0.2) is 11.0 Å². The Morgan fingerprint density at radius 2 is 2.05 bits per heavy atom. The number of benzene rings is 1. The van der Waals surface area contributed by atoms with Gasteiger partial charge in [-0.1, -0.05) is 17.8 Å². The van der Waals surface area contributed by atoms with Crippen LogP contribution in [0.2, 0.25) is 0 Å². The van der Waals surface area contributed by atoms with Crippen LogP contribution in [-0.2, 0) is 0 Å². The number of anilines is 1. The molecule has 102 valence electrons. The molecule has 2 N–H and O–H groups in total. The van der Waals surface area contributed by atoms with E-state index in [2.05, 4.69) is 20.1 Å². The van der Waals surface area contributed by atoms with Gasteiger partial charge in [-0.05, 0) is 30.9 Å². The molecule has 0 aliphatic rings. The molecular formula is C12H11FN6S. The van der Waals surface area contributed by atoms with Gasteiger partial charge in [0.25, 0.3) is 5.78 Å². The highest BCUT2D eigenvalue weighted by Crippen LogP contribution is 2.22. The summed E-state index contributed by atoms with van der Waals surface area (Å²) in [7, 11) is 0. The molecule has 0 radical (unpaired) electrons. The van der Waals surface area contributed by atoms with Gasteiger partial charge in [-0.25, -0.2) is 4.39 Å². The molecule has 0 unspecified atom stereocenters. The van der Waals surface area contributed by atoms with Gasteiger partial charge in [0, 0.05) is 5.56 Å². The first kappa shape index (κ1) is 12.8. The number of aromatic nitrogens is 5. The summed E-state index contributed by atoms with van der Waals surface area (Å²) in [6, 6.07) is 4.47. The Hall–Kier alpha value is -2.22. The smallest absolute Gasteiger partial charge is 0.258 e. The molecule has 0 saturated heterocycles. The van der Waals surface area contributed by atoms with Gasteiger partial charge < -0.3 is 5.73 Å². The third-order valence-corrected chi connectivity index (χ3v) is 3.38. The van der Waals surface area contributed by atoms with Crippen molar-refractivity contribution in [3.63, 3.8) is 0 Å². The van der Waals surface area contributed by atoms with Crippen LogP contribution in [-0.4, -0.2) is 30.8 Å². The minimum Gasteiger partial charge on any atom is -0.368 e. The monoisotopic (exact) mass is 290 g/mol. The molecule has 6 nitrogen and oxygen atoms in total. The molecule has 2 aromatic heterocycles. The van der Waals surface area contributed by atoms with Crippen LogP contribution >= 0.6 is 11.8 Å². The lowest BCUT2D eigenvalue weighted by atomic mass is 10.1. The fourth-order valence-electron chi connectivity index (χ4n) is 1.83. The van der Waals surface area contributed by atoms with E-state index < -0.39 is 0 Å². The largest absolute Gasteiger partial charge is 0.368 e. The Morgan fingerprint density at radius 3 is 2.80 bits per heavy atom. The fourth-order valence-corrected chi connectivity index (χ4v) is 2.18. The van der Waals surface area contributed by atoms with E-state index in [9.17, 15) is 4.39 Å².